The summed E-state index contributed by atoms with van der Waals surface area (Å²) in [5.74, 6) is 0.135. The number of carbonyl (C=O) groups excluding carboxylic acids is 2. The van der Waals surface area contributed by atoms with Crippen molar-refractivity contribution in [3.8, 4) is 0 Å². The second-order valence-electron chi connectivity index (χ2n) is 6.77. The number of halogens is 1. The monoisotopic (exact) mass is 396 g/mol. The van der Waals surface area contributed by atoms with E-state index < -0.39 is 0 Å². The smallest absolute Gasteiger partial charge is 0.243 e. The molecule has 1 N–H and O–H groups in total. The minimum absolute atomic E-state index is 0.0232. The molecule has 0 spiro atoms. The number of hydrogen-bond acceptors (Lipinski definition) is 3. The van der Waals surface area contributed by atoms with Gasteiger partial charge in [-0.1, -0.05) is 31.2 Å². The van der Waals surface area contributed by atoms with Crippen molar-refractivity contribution in [3.05, 3.63) is 65.7 Å². The van der Waals surface area contributed by atoms with Crippen LogP contribution in [-0.4, -0.2) is 39.4 Å². The first-order chi connectivity index (χ1) is 14.0. The van der Waals surface area contributed by atoms with Crippen molar-refractivity contribution in [2.24, 2.45) is 0 Å². The van der Waals surface area contributed by atoms with Gasteiger partial charge in [0.1, 0.15) is 18.2 Å². The number of nitrogens with one attached hydrogen (secondary N) is 1. The molecule has 1 heterocycles. The van der Waals surface area contributed by atoms with Crippen molar-refractivity contribution in [1.82, 2.24) is 19.8 Å². The highest BCUT2D eigenvalue weighted by Gasteiger charge is 2.19. The third-order valence-electron chi connectivity index (χ3n) is 4.82. The highest BCUT2D eigenvalue weighted by molar-refractivity contribution is 5.86. The van der Waals surface area contributed by atoms with Crippen LogP contribution in [0.25, 0.3) is 11.0 Å². The number of hydrogen-bond donors (Lipinski definition) is 1. The molecule has 0 bridgehead atoms. The molecule has 0 aliphatic carbocycles. The quantitative estimate of drug-likeness (QED) is 0.637. The summed E-state index contributed by atoms with van der Waals surface area (Å²) in [5, 5.41) is 2.77. The maximum absolute atomic E-state index is 13.0. The third kappa shape index (κ3) is 4.99. The Labute approximate surface area is 169 Å². The maximum Gasteiger partial charge on any atom is 0.243 e. The standard InChI is InChI=1S/C22H25FN4O2/c1-3-20-25-18-7-5-6-8-19(18)27(20)15-22(29)26(4-2)14-21(28)24-13-16-9-11-17(23)12-10-16/h5-12H,3-4,13-15H2,1-2H3,(H,24,28). The largest absolute Gasteiger partial charge is 0.350 e. The number of likely N-dealkylation sites (N-methyl/N-ethyl adjacent to an activating group) is 1. The van der Waals surface area contributed by atoms with Crippen LogP contribution in [0.5, 0.6) is 0 Å². The third-order valence-corrected chi connectivity index (χ3v) is 4.82. The van der Waals surface area contributed by atoms with Crippen LogP contribution in [0.15, 0.2) is 48.5 Å². The number of imidazole rings is 1. The van der Waals surface area contributed by atoms with E-state index in [0.717, 1.165) is 22.4 Å². The molecule has 2 aromatic carbocycles. The zero-order valence-electron chi connectivity index (χ0n) is 16.7. The molecular weight excluding hydrogens is 371 g/mol. The molecule has 0 saturated heterocycles. The first-order valence-corrected chi connectivity index (χ1v) is 9.74. The molecule has 3 rings (SSSR count). The lowest BCUT2D eigenvalue weighted by Crippen LogP contribution is -2.41. The Morgan fingerprint density at radius 2 is 1.83 bits per heavy atom. The van der Waals surface area contributed by atoms with E-state index in [0.29, 0.717) is 13.0 Å². The summed E-state index contributed by atoms with van der Waals surface area (Å²) in [7, 11) is 0. The fourth-order valence-electron chi connectivity index (χ4n) is 3.22. The van der Waals surface area contributed by atoms with Gasteiger partial charge in [0.15, 0.2) is 0 Å². The second-order valence-corrected chi connectivity index (χ2v) is 6.77. The van der Waals surface area contributed by atoms with Gasteiger partial charge >= 0.3 is 0 Å². The number of amides is 2. The highest BCUT2D eigenvalue weighted by atomic mass is 19.1. The highest BCUT2D eigenvalue weighted by Crippen LogP contribution is 2.16. The van der Waals surface area contributed by atoms with Crippen LogP contribution >= 0.6 is 0 Å². The Morgan fingerprint density at radius 1 is 1.10 bits per heavy atom. The SMILES string of the molecule is CCc1nc2ccccc2n1CC(=O)N(CC)CC(=O)NCc1ccc(F)cc1. The number of nitrogens with zero attached hydrogens (tertiary/aromatic N) is 3. The minimum atomic E-state index is -0.318. The molecule has 7 heteroatoms. The fourth-order valence-corrected chi connectivity index (χ4v) is 3.22. The summed E-state index contributed by atoms with van der Waals surface area (Å²) in [6.07, 6.45) is 0.715. The number of benzene rings is 2. The van der Waals surface area contributed by atoms with Crippen molar-refractivity contribution in [3.63, 3.8) is 0 Å². The zero-order chi connectivity index (χ0) is 20.8. The number of carbonyl (C=O) groups is 2. The number of fused-ring (bicyclic) bond motifs is 1. The van der Waals surface area contributed by atoms with E-state index >= 15 is 0 Å². The van der Waals surface area contributed by atoms with Gasteiger partial charge in [0.25, 0.3) is 0 Å². The van der Waals surface area contributed by atoms with Crippen molar-refractivity contribution in [1.29, 1.82) is 0 Å². The van der Waals surface area contributed by atoms with Crippen molar-refractivity contribution >= 4 is 22.8 Å². The van der Waals surface area contributed by atoms with Crippen LogP contribution in [0.2, 0.25) is 0 Å². The molecule has 6 nitrogen and oxygen atoms in total. The summed E-state index contributed by atoms with van der Waals surface area (Å²) >= 11 is 0. The number of rotatable bonds is 8. The molecule has 0 aliphatic heterocycles. The van der Waals surface area contributed by atoms with Crippen molar-refractivity contribution < 1.29 is 14.0 Å². The Bertz CT molecular complexity index is 998. The Balaban J connectivity index is 1.63. The van der Waals surface area contributed by atoms with E-state index in [-0.39, 0.29) is 37.3 Å². The summed E-state index contributed by atoms with van der Waals surface area (Å²) in [5.41, 5.74) is 2.57. The van der Waals surface area contributed by atoms with Crippen LogP contribution in [0.1, 0.15) is 25.2 Å². The number of aryl methyl sites for hydroxylation is 1. The Hall–Kier alpha value is -3.22. The summed E-state index contributed by atoms with van der Waals surface area (Å²) in [4.78, 5) is 31.3. The normalized spacial score (nSPS) is 10.9. The van der Waals surface area contributed by atoms with Crippen LogP contribution < -0.4 is 5.32 Å². The van der Waals surface area contributed by atoms with Gasteiger partial charge in [-0.05, 0) is 36.8 Å². The van der Waals surface area contributed by atoms with Gasteiger partial charge in [-0.3, -0.25) is 9.59 Å². The second kappa shape index (κ2) is 9.32. The van der Waals surface area contributed by atoms with E-state index in [1.807, 2.05) is 42.7 Å². The predicted molar refractivity (Wildman–Crippen MR) is 110 cm³/mol. The Kier molecular flexibility index (Phi) is 6.59. The van der Waals surface area contributed by atoms with Gasteiger partial charge < -0.3 is 14.8 Å². The fraction of sp³-hybridized carbons (Fsp3) is 0.318. The van der Waals surface area contributed by atoms with Gasteiger partial charge in [0.05, 0.1) is 17.6 Å². The molecule has 1 aromatic heterocycles. The van der Waals surface area contributed by atoms with Gasteiger partial charge in [0, 0.05) is 19.5 Å². The Morgan fingerprint density at radius 3 is 2.52 bits per heavy atom. The molecule has 0 fully saturated rings. The topological polar surface area (TPSA) is 67.2 Å². The minimum Gasteiger partial charge on any atom is -0.350 e. The van der Waals surface area contributed by atoms with Gasteiger partial charge in [-0.2, -0.15) is 0 Å². The molecule has 0 radical (unpaired) electrons. The van der Waals surface area contributed by atoms with Crippen LogP contribution in [0.4, 0.5) is 4.39 Å². The van der Waals surface area contributed by atoms with E-state index in [1.54, 1.807) is 12.1 Å². The molecule has 0 aliphatic rings. The average Bonchev–Trinajstić information content (AvgIpc) is 3.09. The van der Waals surface area contributed by atoms with Crippen LogP contribution in [0.3, 0.4) is 0 Å². The van der Waals surface area contributed by atoms with Gasteiger partial charge in [0.2, 0.25) is 11.8 Å². The van der Waals surface area contributed by atoms with Crippen LogP contribution in [0, 0.1) is 5.82 Å². The lowest BCUT2D eigenvalue weighted by atomic mass is 10.2. The van der Waals surface area contributed by atoms with Crippen molar-refractivity contribution in [2.75, 3.05) is 13.1 Å². The lowest BCUT2D eigenvalue weighted by molar-refractivity contribution is -0.136. The van der Waals surface area contributed by atoms with Crippen molar-refractivity contribution in [2.45, 2.75) is 33.4 Å². The average molecular weight is 396 g/mol. The van der Waals surface area contributed by atoms with E-state index in [4.69, 9.17) is 0 Å². The molecule has 3 aromatic rings. The molecule has 0 unspecified atom stereocenters. The zero-order valence-corrected chi connectivity index (χ0v) is 16.7. The predicted octanol–water partition coefficient (Wildman–Crippen LogP) is 2.90. The summed E-state index contributed by atoms with van der Waals surface area (Å²) in [6, 6.07) is 13.7. The first-order valence-electron chi connectivity index (χ1n) is 9.74. The van der Waals surface area contributed by atoms with E-state index in [1.165, 1.54) is 17.0 Å². The molecular formula is C22H25FN4O2. The van der Waals surface area contributed by atoms with E-state index in [9.17, 15) is 14.0 Å². The molecule has 2 amide bonds. The molecule has 0 saturated carbocycles. The number of para-hydroxylation sites is 2. The first kappa shape index (κ1) is 20.5. The summed E-state index contributed by atoms with van der Waals surface area (Å²) < 4.78 is 14.9. The van der Waals surface area contributed by atoms with E-state index in [2.05, 4.69) is 10.3 Å². The molecule has 0 atom stereocenters. The number of aromatic nitrogens is 2. The van der Waals surface area contributed by atoms with Gasteiger partial charge in [-0.15, -0.1) is 0 Å². The molecule has 152 valence electrons. The van der Waals surface area contributed by atoms with Crippen LogP contribution in [-0.2, 0) is 29.1 Å². The molecule has 29 heavy (non-hydrogen) atoms. The van der Waals surface area contributed by atoms with Gasteiger partial charge in [-0.25, -0.2) is 9.37 Å². The lowest BCUT2D eigenvalue weighted by Gasteiger charge is -2.21. The summed E-state index contributed by atoms with van der Waals surface area (Å²) in [6.45, 7) is 4.68. The maximum atomic E-state index is 13.0.